The highest BCUT2D eigenvalue weighted by molar-refractivity contribution is 5.76. The molecule has 4 nitrogen and oxygen atoms in total. The number of unbranched alkanes of at least 4 members (excludes halogenated alkanes) is 42. The molecule has 0 heterocycles. The maximum Gasteiger partial charge on any atom is 0.220 e. The first-order valence-corrected chi connectivity index (χ1v) is 34.3. The molecule has 0 aromatic heterocycles. The standard InChI is InChI=1S/C73H133NO3/c1-3-5-7-9-11-13-15-17-19-21-23-25-27-29-31-33-35-36-37-38-39-41-43-45-47-49-51-53-55-57-59-61-63-65-67-69-73(77)74-71(70-75)72(76)68-66-64-62-60-58-56-54-52-50-48-46-44-42-40-34-32-30-28-26-24-22-20-18-16-14-12-10-8-6-4-2/h5,7,11,13,17,19,23,25,29,31,35-36,38-39,71-72,75-76H,3-4,6,8-10,12,14-16,18,20-22,24,26-28,30,32-34,37,40-70H2,1-2H3,(H,74,77)/b7-5-,13-11-,19-17-,25-23-,31-29-,36-35-,39-38-. The second-order valence-electron chi connectivity index (χ2n) is 23.2. The molecule has 2 unspecified atom stereocenters. The third-order valence-electron chi connectivity index (χ3n) is 15.7. The van der Waals surface area contributed by atoms with Crippen LogP contribution in [0.15, 0.2) is 85.1 Å². The SMILES string of the molecule is CC/C=C\C/C=C\C/C=C\C/C=C\C/C=C\C/C=C\C/C=C\CCCCCCCCCCCCCCCC(=O)NC(CO)C(O)CCCCCCCCCCCCCCCCCCCCCCCCCCCCCCCC. The first kappa shape index (κ1) is 74.6. The molecule has 448 valence electrons. The maximum atomic E-state index is 12.6. The Kier molecular flexibility index (Phi) is 65.7. The number of hydrogen-bond acceptors (Lipinski definition) is 3. The van der Waals surface area contributed by atoms with Gasteiger partial charge in [0, 0.05) is 6.42 Å². The van der Waals surface area contributed by atoms with Gasteiger partial charge in [-0.25, -0.2) is 0 Å². The normalized spacial score (nSPS) is 13.2. The van der Waals surface area contributed by atoms with Crippen molar-refractivity contribution in [2.45, 2.75) is 366 Å². The molecule has 0 aromatic rings. The van der Waals surface area contributed by atoms with Crippen molar-refractivity contribution in [2.24, 2.45) is 0 Å². The highest BCUT2D eigenvalue weighted by atomic mass is 16.3. The maximum absolute atomic E-state index is 12.6. The zero-order chi connectivity index (χ0) is 55.5. The lowest BCUT2D eigenvalue weighted by molar-refractivity contribution is -0.123. The van der Waals surface area contributed by atoms with Gasteiger partial charge in [-0.15, -0.1) is 0 Å². The second kappa shape index (κ2) is 67.8. The zero-order valence-corrected chi connectivity index (χ0v) is 51.7. The van der Waals surface area contributed by atoms with E-state index in [1.807, 2.05) is 0 Å². The van der Waals surface area contributed by atoms with Crippen LogP contribution in [-0.4, -0.2) is 34.9 Å². The van der Waals surface area contributed by atoms with Gasteiger partial charge >= 0.3 is 0 Å². The summed E-state index contributed by atoms with van der Waals surface area (Å²) in [5.41, 5.74) is 0. The van der Waals surface area contributed by atoms with Gasteiger partial charge in [-0.1, -0.05) is 362 Å². The van der Waals surface area contributed by atoms with Crippen molar-refractivity contribution >= 4 is 5.91 Å². The van der Waals surface area contributed by atoms with Crippen molar-refractivity contribution in [3.63, 3.8) is 0 Å². The summed E-state index contributed by atoms with van der Waals surface area (Å²) in [6.45, 7) is 4.28. The van der Waals surface area contributed by atoms with Crippen molar-refractivity contribution in [3.8, 4) is 0 Å². The zero-order valence-electron chi connectivity index (χ0n) is 51.7. The van der Waals surface area contributed by atoms with Gasteiger partial charge in [-0.05, 0) is 70.6 Å². The number of rotatable bonds is 63. The quantitative estimate of drug-likeness (QED) is 0.0420. The van der Waals surface area contributed by atoms with Crippen molar-refractivity contribution in [3.05, 3.63) is 85.1 Å². The Labute approximate surface area is 481 Å². The second-order valence-corrected chi connectivity index (χ2v) is 23.2. The highest BCUT2D eigenvalue weighted by Crippen LogP contribution is 2.19. The van der Waals surface area contributed by atoms with Crippen molar-refractivity contribution in [1.29, 1.82) is 0 Å². The summed E-state index contributed by atoms with van der Waals surface area (Å²) in [5, 5.41) is 23.5. The van der Waals surface area contributed by atoms with Gasteiger partial charge < -0.3 is 15.5 Å². The summed E-state index contributed by atoms with van der Waals surface area (Å²) in [7, 11) is 0. The van der Waals surface area contributed by atoms with E-state index in [0.717, 1.165) is 70.6 Å². The monoisotopic (exact) mass is 1070 g/mol. The molecule has 2 atom stereocenters. The number of aliphatic hydroxyl groups is 2. The average molecular weight is 1070 g/mol. The molecule has 0 rings (SSSR count). The van der Waals surface area contributed by atoms with Gasteiger partial charge in [0.2, 0.25) is 5.91 Å². The molecule has 0 aliphatic rings. The van der Waals surface area contributed by atoms with Crippen LogP contribution in [0.2, 0.25) is 0 Å². The fourth-order valence-corrected chi connectivity index (χ4v) is 10.5. The largest absolute Gasteiger partial charge is 0.394 e. The van der Waals surface area contributed by atoms with Crippen LogP contribution in [0.5, 0.6) is 0 Å². The third-order valence-corrected chi connectivity index (χ3v) is 15.7. The van der Waals surface area contributed by atoms with E-state index in [9.17, 15) is 15.0 Å². The Morgan fingerprint density at radius 1 is 0.325 bits per heavy atom. The van der Waals surface area contributed by atoms with Crippen LogP contribution in [0, 0.1) is 0 Å². The van der Waals surface area contributed by atoms with Crippen LogP contribution in [-0.2, 0) is 4.79 Å². The molecule has 0 radical (unpaired) electrons. The molecule has 3 N–H and O–H groups in total. The predicted molar refractivity (Wildman–Crippen MR) is 345 cm³/mol. The fourth-order valence-electron chi connectivity index (χ4n) is 10.5. The molecule has 4 heteroatoms. The Morgan fingerprint density at radius 2 is 0.571 bits per heavy atom. The first-order chi connectivity index (χ1) is 38.2. The van der Waals surface area contributed by atoms with Gasteiger partial charge in [0.15, 0.2) is 0 Å². The van der Waals surface area contributed by atoms with Gasteiger partial charge in [0.05, 0.1) is 18.8 Å². The van der Waals surface area contributed by atoms with Gasteiger partial charge in [0.25, 0.3) is 0 Å². The molecule has 0 fully saturated rings. The molecule has 0 aliphatic carbocycles. The lowest BCUT2D eigenvalue weighted by atomic mass is 10.0. The third kappa shape index (κ3) is 64.3. The Morgan fingerprint density at radius 3 is 0.857 bits per heavy atom. The Balaban J connectivity index is 3.46. The minimum Gasteiger partial charge on any atom is -0.394 e. The van der Waals surface area contributed by atoms with Crippen LogP contribution in [0.4, 0.5) is 0 Å². The van der Waals surface area contributed by atoms with Crippen LogP contribution in [0.3, 0.4) is 0 Å². The molecule has 0 saturated heterocycles. The van der Waals surface area contributed by atoms with Gasteiger partial charge in [0.1, 0.15) is 0 Å². The van der Waals surface area contributed by atoms with E-state index in [-0.39, 0.29) is 12.5 Å². The number of allylic oxidation sites excluding steroid dienone is 14. The van der Waals surface area contributed by atoms with Crippen molar-refractivity contribution in [1.82, 2.24) is 5.32 Å². The Bertz CT molecular complexity index is 1360. The van der Waals surface area contributed by atoms with E-state index in [2.05, 4.69) is 104 Å². The van der Waals surface area contributed by atoms with E-state index >= 15 is 0 Å². The topological polar surface area (TPSA) is 69.6 Å². The Hall–Kier alpha value is -2.43. The van der Waals surface area contributed by atoms with Crippen LogP contribution in [0.1, 0.15) is 354 Å². The van der Waals surface area contributed by atoms with Gasteiger partial charge in [-0.2, -0.15) is 0 Å². The number of aliphatic hydroxyl groups excluding tert-OH is 2. The average Bonchev–Trinajstić information content (AvgIpc) is 3.43. The number of hydrogen-bond donors (Lipinski definition) is 3. The number of amides is 1. The van der Waals surface area contributed by atoms with E-state index < -0.39 is 12.1 Å². The molecular formula is C73H133NO3. The van der Waals surface area contributed by atoms with Crippen LogP contribution < -0.4 is 5.32 Å². The van der Waals surface area contributed by atoms with E-state index in [1.165, 1.54) is 257 Å². The summed E-state index contributed by atoms with van der Waals surface area (Å²) in [6.07, 6.45) is 99.1. The minimum atomic E-state index is -0.666. The first-order valence-electron chi connectivity index (χ1n) is 34.3. The summed E-state index contributed by atoms with van der Waals surface area (Å²) >= 11 is 0. The number of carbonyl (C=O) groups is 1. The summed E-state index contributed by atoms with van der Waals surface area (Å²) in [4.78, 5) is 12.6. The molecule has 0 saturated carbocycles. The van der Waals surface area contributed by atoms with E-state index in [4.69, 9.17) is 0 Å². The molecule has 1 amide bonds. The number of carbonyl (C=O) groups excluding carboxylic acids is 1. The van der Waals surface area contributed by atoms with Crippen LogP contribution >= 0.6 is 0 Å². The lowest BCUT2D eigenvalue weighted by Gasteiger charge is -2.22. The molecule has 0 bridgehead atoms. The van der Waals surface area contributed by atoms with Crippen molar-refractivity contribution < 1.29 is 15.0 Å². The molecule has 0 spiro atoms. The summed E-state index contributed by atoms with van der Waals surface area (Å²) in [5.74, 6) is -0.0304. The van der Waals surface area contributed by atoms with Crippen LogP contribution in [0.25, 0.3) is 0 Å². The fraction of sp³-hybridized carbons (Fsp3) is 0.795. The molecule has 0 aromatic carbocycles. The van der Waals surface area contributed by atoms with Gasteiger partial charge in [-0.3, -0.25) is 4.79 Å². The smallest absolute Gasteiger partial charge is 0.220 e. The molecule has 77 heavy (non-hydrogen) atoms. The lowest BCUT2D eigenvalue weighted by Crippen LogP contribution is -2.45. The highest BCUT2D eigenvalue weighted by Gasteiger charge is 2.20. The number of nitrogens with one attached hydrogen (secondary N) is 1. The van der Waals surface area contributed by atoms with E-state index in [1.54, 1.807) is 0 Å². The van der Waals surface area contributed by atoms with E-state index in [0.29, 0.717) is 12.8 Å². The summed E-state index contributed by atoms with van der Waals surface area (Å²) in [6, 6.07) is -0.543. The predicted octanol–water partition coefficient (Wildman–Crippen LogP) is 23.4. The molecular weight excluding hydrogens is 939 g/mol. The minimum absolute atomic E-state index is 0.0304. The van der Waals surface area contributed by atoms with Crippen molar-refractivity contribution in [2.75, 3.05) is 6.61 Å². The molecule has 0 aliphatic heterocycles. The summed E-state index contributed by atoms with van der Waals surface area (Å²) < 4.78 is 0.